The summed E-state index contributed by atoms with van der Waals surface area (Å²) in [5.74, 6) is 0.130. The molecule has 3 rings (SSSR count). The number of fused-ring (bicyclic) bond motifs is 1. The zero-order valence-electron chi connectivity index (χ0n) is 10.6. The summed E-state index contributed by atoms with van der Waals surface area (Å²) in [5, 5.41) is 20.8. The van der Waals surface area contributed by atoms with Gasteiger partial charge in [-0.2, -0.15) is 0 Å². The number of hydrogen-bond acceptors (Lipinski definition) is 3. The third-order valence-electron chi connectivity index (χ3n) is 3.50. The summed E-state index contributed by atoms with van der Waals surface area (Å²) in [7, 11) is 1.81. The molecule has 0 saturated heterocycles. The molecule has 3 nitrogen and oxygen atoms in total. The minimum Gasteiger partial charge on any atom is -0.507 e. The van der Waals surface area contributed by atoms with Crippen LogP contribution in [0.15, 0.2) is 54.6 Å². The Morgan fingerprint density at radius 1 is 1.00 bits per heavy atom. The van der Waals surface area contributed by atoms with Gasteiger partial charge in [-0.15, -0.1) is 0 Å². The monoisotopic (exact) mass is 253 g/mol. The molecule has 2 aromatic carbocycles. The lowest BCUT2D eigenvalue weighted by atomic mass is 10.0. The number of rotatable bonds is 1. The zero-order chi connectivity index (χ0) is 13.4. The Morgan fingerprint density at radius 2 is 1.63 bits per heavy atom. The quantitative estimate of drug-likeness (QED) is 0.768. The van der Waals surface area contributed by atoms with Gasteiger partial charge in [0.05, 0.1) is 5.57 Å². The van der Waals surface area contributed by atoms with E-state index in [4.69, 9.17) is 0 Å². The van der Waals surface area contributed by atoms with Crippen molar-refractivity contribution in [2.24, 2.45) is 0 Å². The number of likely N-dealkylation sites (N-methyl/N-ethyl adjacent to an activating group) is 1. The van der Waals surface area contributed by atoms with E-state index in [1.165, 1.54) is 0 Å². The molecule has 0 amide bonds. The highest BCUT2D eigenvalue weighted by molar-refractivity contribution is 5.97. The van der Waals surface area contributed by atoms with E-state index in [9.17, 15) is 10.2 Å². The lowest BCUT2D eigenvalue weighted by Gasteiger charge is -2.18. The van der Waals surface area contributed by atoms with Crippen molar-refractivity contribution in [3.8, 4) is 0 Å². The molecule has 19 heavy (non-hydrogen) atoms. The van der Waals surface area contributed by atoms with Crippen LogP contribution in [0.5, 0.6) is 0 Å². The van der Waals surface area contributed by atoms with Crippen molar-refractivity contribution in [2.45, 2.75) is 6.23 Å². The topological polar surface area (TPSA) is 43.7 Å². The van der Waals surface area contributed by atoms with Crippen LogP contribution < -0.4 is 4.90 Å². The van der Waals surface area contributed by atoms with Gasteiger partial charge < -0.3 is 15.1 Å². The highest BCUT2D eigenvalue weighted by atomic mass is 16.3. The molecule has 0 saturated carbocycles. The van der Waals surface area contributed by atoms with E-state index < -0.39 is 6.23 Å². The van der Waals surface area contributed by atoms with Crippen LogP contribution in [0.3, 0.4) is 0 Å². The molecule has 1 aliphatic rings. The molecule has 2 N–H and O–H groups in total. The molecule has 1 unspecified atom stereocenters. The molecule has 1 aliphatic heterocycles. The van der Waals surface area contributed by atoms with Crippen LogP contribution in [0.4, 0.5) is 5.69 Å². The lowest BCUT2D eigenvalue weighted by Crippen LogP contribution is -2.26. The van der Waals surface area contributed by atoms with Crippen molar-refractivity contribution in [3.05, 3.63) is 65.7 Å². The molecule has 0 bridgehead atoms. The van der Waals surface area contributed by atoms with Gasteiger partial charge in [0.25, 0.3) is 0 Å². The molecule has 1 heterocycles. The van der Waals surface area contributed by atoms with Gasteiger partial charge in [0.15, 0.2) is 6.23 Å². The third kappa shape index (κ3) is 1.79. The Kier molecular flexibility index (Phi) is 2.76. The Bertz CT molecular complexity index is 634. The summed E-state index contributed by atoms with van der Waals surface area (Å²) in [6.45, 7) is 0. The van der Waals surface area contributed by atoms with E-state index in [0.29, 0.717) is 11.1 Å². The number of benzene rings is 2. The first-order valence-electron chi connectivity index (χ1n) is 6.19. The summed E-state index contributed by atoms with van der Waals surface area (Å²) in [6, 6.07) is 17.0. The molecular formula is C16H15NO2. The standard InChI is InChI=1S/C16H15NO2/c1-17-13-10-6-5-9-12(13)14(16(17)19)15(18)11-7-3-2-4-8-11/h2-10,16,18-19H,1H3/b15-14+. The second kappa shape index (κ2) is 4.44. The molecule has 0 aliphatic carbocycles. The van der Waals surface area contributed by atoms with Gasteiger partial charge >= 0.3 is 0 Å². The first-order chi connectivity index (χ1) is 9.20. The summed E-state index contributed by atoms with van der Waals surface area (Å²) in [4.78, 5) is 1.75. The van der Waals surface area contributed by atoms with E-state index in [-0.39, 0.29) is 5.76 Å². The van der Waals surface area contributed by atoms with Crippen molar-refractivity contribution >= 4 is 17.0 Å². The Balaban J connectivity index is 2.20. The summed E-state index contributed by atoms with van der Waals surface area (Å²) in [5.41, 5.74) is 3.07. The molecule has 0 aromatic heterocycles. The van der Waals surface area contributed by atoms with Gasteiger partial charge in [0.1, 0.15) is 5.76 Å². The highest BCUT2D eigenvalue weighted by Crippen LogP contribution is 2.41. The SMILES string of the molecule is CN1c2ccccc2/C(=C(\O)c2ccccc2)C1O. The summed E-state index contributed by atoms with van der Waals surface area (Å²) in [6.07, 6.45) is -0.822. The average Bonchev–Trinajstić information content (AvgIpc) is 2.72. The lowest BCUT2D eigenvalue weighted by molar-refractivity contribution is 0.237. The Labute approximate surface area is 112 Å². The van der Waals surface area contributed by atoms with Crippen LogP contribution >= 0.6 is 0 Å². The molecule has 2 aromatic rings. The Hall–Kier alpha value is -2.26. The fraction of sp³-hybridized carbons (Fsp3) is 0.125. The summed E-state index contributed by atoms with van der Waals surface area (Å²) >= 11 is 0. The third-order valence-corrected chi connectivity index (χ3v) is 3.50. The van der Waals surface area contributed by atoms with Gasteiger partial charge in [-0.25, -0.2) is 0 Å². The van der Waals surface area contributed by atoms with Gasteiger partial charge in [-0.3, -0.25) is 0 Å². The van der Waals surface area contributed by atoms with E-state index in [0.717, 1.165) is 11.3 Å². The second-order valence-corrected chi connectivity index (χ2v) is 4.63. The molecule has 0 spiro atoms. The number of hydrogen-bond donors (Lipinski definition) is 2. The van der Waals surface area contributed by atoms with E-state index >= 15 is 0 Å². The number of anilines is 1. The number of aliphatic hydroxyl groups excluding tert-OH is 2. The van der Waals surface area contributed by atoms with Crippen molar-refractivity contribution in [1.29, 1.82) is 0 Å². The Morgan fingerprint density at radius 3 is 2.37 bits per heavy atom. The van der Waals surface area contributed by atoms with E-state index in [1.54, 1.807) is 4.90 Å². The number of para-hydroxylation sites is 1. The van der Waals surface area contributed by atoms with E-state index in [2.05, 4.69) is 0 Å². The van der Waals surface area contributed by atoms with Gasteiger partial charge in [0.2, 0.25) is 0 Å². The maximum absolute atomic E-state index is 10.4. The molecular weight excluding hydrogens is 238 g/mol. The van der Waals surface area contributed by atoms with Crippen molar-refractivity contribution in [2.75, 3.05) is 11.9 Å². The van der Waals surface area contributed by atoms with Crippen molar-refractivity contribution < 1.29 is 10.2 Å². The van der Waals surface area contributed by atoms with Crippen molar-refractivity contribution in [3.63, 3.8) is 0 Å². The van der Waals surface area contributed by atoms with Gasteiger partial charge in [0, 0.05) is 23.9 Å². The summed E-state index contributed by atoms with van der Waals surface area (Å²) < 4.78 is 0. The van der Waals surface area contributed by atoms with Crippen LogP contribution in [0, 0.1) is 0 Å². The largest absolute Gasteiger partial charge is 0.507 e. The highest BCUT2D eigenvalue weighted by Gasteiger charge is 2.32. The predicted octanol–water partition coefficient (Wildman–Crippen LogP) is 2.88. The van der Waals surface area contributed by atoms with Crippen LogP contribution in [0.25, 0.3) is 11.3 Å². The maximum atomic E-state index is 10.4. The minimum absolute atomic E-state index is 0.130. The van der Waals surface area contributed by atoms with Gasteiger partial charge in [-0.1, -0.05) is 48.5 Å². The van der Waals surface area contributed by atoms with Crippen LogP contribution in [-0.2, 0) is 0 Å². The maximum Gasteiger partial charge on any atom is 0.157 e. The first-order valence-corrected chi connectivity index (χ1v) is 6.19. The van der Waals surface area contributed by atoms with Crippen LogP contribution in [0.2, 0.25) is 0 Å². The molecule has 0 fully saturated rings. The molecule has 3 heteroatoms. The fourth-order valence-electron chi connectivity index (χ4n) is 2.47. The molecule has 0 radical (unpaired) electrons. The molecule has 1 atom stereocenters. The smallest absolute Gasteiger partial charge is 0.157 e. The van der Waals surface area contributed by atoms with Crippen molar-refractivity contribution in [1.82, 2.24) is 0 Å². The minimum atomic E-state index is -0.822. The normalized spacial score (nSPS) is 20.3. The second-order valence-electron chi connectivity index (χ2n) is 4.63. The van der Waals surface area contributed by atoms with Gasteiger partial charge in [-0.05, 0) is 6.07 Å². The van der Waals surface area contributed by atoms with E-state index in [1.807, 2.05) is 61.6 Å². The molecule has 96 valence electrons. The number of nitrogens with zero attached hydrogens (tertiary/aromatic N) is 1. The van der Waals surface area contributed by atoms with Crippen LogP contribution in [0.1, 0.15) is 11.1 Å². The number of aliphatic hydroxyl groups is 2. The fourth-order valence-corrected chi connectivity index (χ4v) is 2.47. The predicted molar refractivity (Wildman–Crippen MR) is 76.7 cm³/mol. The first kappa shape index (κ1) is 11.8. The van der Waals surface area contributed by atoms with Crippen LogP contribution in [-0.4, -0.2) is 23.5 Å². The average molecular weight is 253 g/mol. The zero-order valence-corrected chi connectivity index (χ0v) is 10.6.